The van der Waals surface area contributed by atoms with E-state index >= 15 is 0 Å². The van der Waals surface area contributed by atoms with Gasteiger partial charge in [-0.15, -0.1) is 0 Å². The highest BCUT2D eigenvalue weighted by Crippen LogP contribution is 2.29. The van der Waals surface area contributed by atoms with E-state index in [2.05, 4.69) is 20.9 Å². The Hall–Kier alpha value is -1.76. The number of ether oxygens (including phenoxy) is 1. The van der Waals surface area contributed by atoms with Gasteiger partial charge in [0.2, 0.25) is 5.88 Å². The summed E-state index contributed by atoms with van der Waals surface area (Å²) in [5.74, 6) is 0.363. The van der Waals surface area contributed by atoms with Crippen molar-refractivity contribution in [1.29, 1.82) is 0 Å². The number of halogens is 4. The fourth-order valence-electron chi connectivity index (χ4n) is 1.67. The minimum atomic E-state index is -4.31. The van der Waals surface area contributed by atoms with Gasteiger partial charge in [0.05, 0.1) is 17.9 Å². The van der Waals surface area contributed by atoms with Crippen molar-refractivity contribution in [2.45, 2.75) is 40.3 Å². The smallest absolute Gasteiger partial charge is 0.416 e. The van der Waals surface area contributed by atoms with E-state index < -0.39 is 11.7 Å². The van der Waals surface area contributed by atoms with Gasteiger partial charge >= 0.3 is 6.18 Å². The number of nitrogen functional groups attached to an aromatic ring is 1. The van der Waals surface area contributed by atoms with E-state index in [9.17, 15) is 13.2 Å². The normalized spacial score (nSPS) is 10.1. The molecule has 140 valence electrons. The second kappa shape index (κ2) is 11.7. The highest BCUT2D eigenvalue weighted by molar-refractivity contribution is 9.10. The van der Waals surface area contributed by atoms with Crippen LogP contribution in [0.25, 0.3) is 0 Å². The van der Waals surface area contributed by atoms with Crippen molar-refractivity contribution in [1.82, 2.24) is 4.98 Å². The number of pyridine rings is 1. The van der Waals surface area contributed by atoms with Gasteiger partial charge < -0.3 is 10.5 Å². The van der Waals surface area contributed by atoms with Crippen molar-refractivity contribution in [2.75, 3.05) is 12.3 Å². The summed E-state index contributed by atoms with van der Waals surface area (Å²) >= 11 is 3.26. The molecule has 7 heteroatoms. The van der Waals surface area contributed by atoms with E-state index in [4.69, 9.17) is 10.5 Å². The number of hydrogen-bond donors (Lipinski definition) is 1. The molecule has 0 aliphatic rings. The molecule has 1 aromatic carbocycles. The summed E-state index contributed by atoms with van der Waals surface area (Å²) < 4.78 is 43.3. The van der Waals surface area contributed by atoms with Gasteiger partial charge in [-0.2, -0.15) is 13.2 Å². The van der Waals surface area contributed by atoms with Gasteiger partial charge in [0.15, 0.2) is 0 Å². The third kappa shape index (κ3) is 7.77. The number of alkyl halides is 3. The molecule has 0 saturated heterocycles. The summed E-state index contributed by atoms with van der Waals surface area (Å²) in [7, 11) is 0. The van der Waals surface area contributed by atoms with Crippen LogP contribution in [0.1, 0.15) is 38.8 Å². The summed E-state index contributed by atoms with van der Waals surface area (Å²) in [6.07, 6.45) is -2.32. The lowest BCUT2D eigenvalue weighted by Crippen LogP contribution is -2.06. The molecular formula is C18H24BrF3N2O. The van der Waals surface area contributed by atoms with Gasteiger partial charge in [0, 0.05) is 12.6 Å². The Labute approximate surface area is 155 Å². The molecule has 0 saturated carbocycles. The third-order valence-electron chi connectivity index (χ3n) is 2.80. The van der Waals surface area contributed by atoms with Gasteiger partial charge in [0.1, 0.15) is 4.47 Å². The fourth-order valence-corrected chi connectivity index (χ4v) is 2.01. The number of hydrogen-bond acceptors (Lipinski definition) is 3. The first-order valence-corrected chi connectivity index (χ1v) is 8.86. The summed E-state index contributed by atoms with van der Waals surface area (Å²) in [4.78, 5) is 4.02. The summed E-state index contributed by atoms with van der Waals surface area (Å²) in [6.45, 7) is 8.29. The average molecular weight is 421 g/mol. The standard InChI is InChI=1S/C14H12BrF3N2O.2C2H6/c15-12-11(19)5-7-20-13(12)21-8-6-9-1-3-10(4-2-9)14(16,17)18;2*1-2/h1-5,7H,6,8H2,(H2,19,20);2*1-2H3. The molecule has 2 N–H and O–H groups in total. The van der Waals surface area contributed by atoms with Gasteiger partial charge in [-0.05, 0) is 39.7 Å². The number of aromatic nitrogens is 1. The first kappa shape index (κ1) is 23.2. The molecule has 3 nitrogen and oxygen atoms in total. The minimum Gasteiger partial charge on any atom is -0.476 e. The molecule has 0 bridgehead atoms. The zero-order valence-corrected chi connectivity index (χ0v) is 16.4. The van der Waals surface area contributed by atoms with Crippen LogP contribution in [-0.2, 0) is 12.6 Å². The van der Waals surface area contributed by atoms with Gasteiger partial charge in [-0.3, -0.25) is 0 Å². The average Bonchev–Trinajstić information content (AvgIpc) is 2.62. The van der Waals surface area contributed by atoms with Crippen LogP contribution in [0.3, 0.4) is 0 Å². The number of rotatable bonds is 4. The molecule has 2 rings (SSSR count). The van der Waals surface area contributed by atoms with Crippen molar-refractivity contribution in [3.63, 3.8) is 0 Å². The number of benzene rings is 1. The van der Waals surface area contributed by atoms with Crippen molar-refractivity contribution < 1.29 is 17.9 Å². The van der Waals surface area contributed by atoms with Gasteiger partial charge in [0.25, 0.3) is 0 Å². The Kier molecular flexibility index (Phi) is 10.9. The van der Waals surface area contributed by atoms with Crippen LogP contribution < -0.4 is 10.5 Å². The maximum atomic E-state index is 12.4. The molecule has 1 aromatic heterocycles. The maximum Gasteiger partial charge on any atom is 0.416 e. The molecule has 0 fully saturated rings. The van der Waals surface area contributed by atoms with Crippen LogP contribution in [0.15, 0.2) is 41.0 Å². The number of anilines is 1. The Morgan fingerprint density at radius 3 is 2.12 bits per heavy atom. The molecule has 0 aliphatic carbocycles. The van der Waals surface area contributed by atoms with Crippen LogP contribution in [0.5, 0.6) is 5.88 Å². The zero-order chi connectivity index (χ0) is 19.5. The highest BCUT2D eigenvalue weighted by atomic mass is 79.9. The second-order valence-corrected chi connectivity index (χ2v) is 5.11. The van der Waals surface area contributed by atoms with Gasteiger partial charge in [-0.25, -0.2) is 4.98 Å². The zero-order valence-electron chi connectivity index (χ0n) is 14.8. The lowest BCUT2D eigenvalue weighted by Gasteiger charge is -2.09. The van der Waals surface area contributed by atoms with Crippen LogP contribution in [0, 0.1) is 0 Å². The molecule has 0 aliphatic heterocycles. The Balaban J connectivity index is 0.00000134. The first-order valence-electron chi connectivity index (χ1n) is 8.07. The summed E-state index contributed by atoms with van der Waals surface area (Å²) in [5, 5.41) is 0. The molecule has 1 heterocycles. The van der Waals surface area contributed by atoms with Crippen molar-refractivity contribution in [3.05, 3.63) is 52.1 Å². The van der Waals surface area contributed by atoms with Crippen molar-refractivity contribution in [2.24, 2.45) is 0 Å². The predicted octanol–water partition coefficient (Wildman–Crippen LogP) is 6.12. The highest BCUT2D eigenvalue weighted by Gasteiger charge is 2.29. The Bertz CT molecular complexity index is 617. The maximum absolute atomic E-state index is 12.4. The molecule has 0 atom stereocenters. The molecule has 25 heavy (non-hydrogen) atoms. The minimum absolute atomic E-state index is 0.292. The predicted molar refractivity (Wildman–Crippen MR) is 99.7 cm³/mol. The first-order chi connectivity index (χ1) is 11.9. The van der Waals surface area contributed by atoms with E-state index in [0.717, 1.165) is 17.7 Å². The van der Waals surface area contributed by atoms with Crippen LogP contribution >= 0.6 is 15.9 Å². The van der Waals surface area contributed by atoms with Gasteiger partial charge in [-0.1, -0.05) is 39.8 Å². The quantitative estimate of drug-likeness (QED) is 0.647. The van der Waals surface area contributed by atoms with Crippen LogP contribution in [0.2, 0.25) is 0 Å². The SMILES string of the molecule is CC.CC.Nc1ccnc(OCCc2ccc(C(F)(F)F)cc2)c1Br. The number of nitrogens with two attached hydrogens (primary N) is 1. The molecule has 0 unspecified atom stereocenters. The van der Waals surface area contributed by atoms with E-state index in [-0.39, 0.29) is 0 Å². The molecule has 0 radical (unpaired) electrons. The third-order valence-corrected chi connectivity index (χ3v) is 3.59. The Morgan fingerprint density at radius 1 is 1.04 bits per heavy atom. The van der Waals surface area contributed by atoms with Crippen LogP contribution in [0.4, 0.5) is 18.9 Å². The summed E-state index contributed by atoms with van der Waals surface area (Å²) in [6, 6.07) is 6.63. The molecular weight excluding hydrogens is 397 g/mol. The molecule has 0 amide bonds. The van der Waals surface area contributed by atoms with Crippen molar-refractivity contribution in [3.8, 4) is 5.88 Å². The largest absolute Gasteiger partial charge is 0.476 e. The van der Waals surface area contributed by atoms with E-state index in [1.807, 2.05) is 27.7 Å². The Morgan fingerprint density at radius 2 is 1.60 bits per heavy atom. The monoisotopic (exact) mass is 420 g/mol. The second-order valence-electron chi connectivity index (χ2n) is 4.31. The van der Waals surface area contributed by atoms with E-state index in [0.29, 0.717) is 29.1 Å². The molecule has 0 spiro atoms. The lowest BCUT2D eigenvalue weighted by molar-refractivity contribution is -0.137. The number of nitrogens with zero attached hydrogens (tertiary/aromatic N) is 1. The summed E-state index contributed by atoms with van der Waals surface area (Å²) in [5.41, 5.74) is 6.29. The van der Waals surface area contributed by atoms with E-state index in [1.54, 1.807) is 6.07 Å². The van der Waals surface area contributed by atoms with E-state index in [1.165, 1.54) is 18.3 Å². The lowest BCUT2D eigenvalue weighted by atomic mass is 10.1. The van der Waals surface area contributed by atoms with Crippen molar-refractivity contribution >= 4 is 21.6 Å². The topological polar surface area (TPSA) is 48.1 Å². The molecule has 2 aromatic rings. The van der Waals surface area contributed by atoms with Crippen LogP contribution in [-0.4, -0.2) is 11.6 Å². The fraction of sp³-hybridized carbons (Fsp3) is 0.389.